The quantitative estimate of drug-likeness (QED) is 0.255. The van der Waals surface area contributed by atoms with Gasteiger partial charge in [0.25, 0.3) is 0 Å². The van der Waals surface area contributed by atoms with Gasteiger partial charge in [-0.1, -0.05) is 26.3 Å². The first-order valence-corrected chi connectivity index (χ1v) is 15.6. The summed E-state index contributed by atoms with van der Waals surface area (Å²) in [6, 6.07) is 2.99. The van der Waals surface area contributed by atoms with Crippen molar-refractivity contribution in [3.8, 4) is 5.69 Å². The van der Waals surface area contributed by atoms with Gasteiger partial charge in [0.15, 0.2) is 11.7 Å². The number of ether oxygens (including phenoxy) is 2. The molecule has 4 aliphatic rings. The molecule has 2 aromatic heterocycles. The van der Waals surface area contributed by atoms with Crippen molar-refractivity contribution in [2.45, 2.75) is 96.4 Å². The van der Waals surface area contributed by atoms with E-state index in [9.17, 15) is 19.1 Å². The zero-order valence-electron chi connectivity index (χ0n) is 24.5. The zero-order valence-corrected chi connectivity index (χ0v) is 25.4. The number of aliphatic hydroxyl groups excluding tert-OH is 1. The molecule has 3 fully saturated rings. The molecule has 226 valence electrons. The smallest absolute Gasteiger partial charge is 0.336 e. The molecule has 3 aliphatic carbocycles. The minimum atomic E-state index is -1.42. The lowest BCUT2D eigenvalue weighted by atomic mass is 9.56. The first-order chi connectivity index (χ1) is 20.0. The summed E-state index contributed by atoms with van der Waals surface area (Å²) in [4.78, 5) is 30.2. The maximum absolute atomic E-state index is 13.5. The Bertz CT molecular complexity index is 1410. The zero-order chi connectivity index (χ0) is 29.9. The van der Waals surface area contributed by atoms with E-state index in [0.29, 0.717) is 44.4 Å². The predicted octanol–water partition coefficient (Wildman–Crippen LogP) is 5.26. The standard InChI is InChI=1S/C32H40FN3O5S/c1-19-11-12-32(29(39)42,41-28(38)26-8-5-13-40-26)31(19,3)16-25(37)23-7-4-6-21-14-24-20(15-30(21,23)2)17-35-36(24)22-9-10-27(33)34-18-22/h9-10,14,17-19,23,25-26,37H,4-8,11-13,15-16H2,1-3H3,(H,39,42)/t19?,23?,25-,26-,30-,31-,32-/m0/s1. The van der Waals surface area contributed by atoms with Crippen LogP contribution in [0.4, 0.5) is 4.39 Å². The van der Waals surface area contributed by atoms with Gasteiger partial charge in [-0.15, -0.1) is 12.6 Å². The van der Waals surface area contributed by atoms with Crippen molar-refractivity contribution in [3.05, 3.63) is 47.3 Å². The number of halogens is 1. The predicted molar refractivity (Wildman–Crippen MR) is 157 cm³/mol. The number of thiol groups is 1. The van der Waals surface area contributed by atoms with E-state index in [4.69, 9.17) is 9.47 Å². The van der Waals surface area contributed by atoms with Crippen molar-refractivity contribution in [3.63, 3.8) is 0 Å². The van der Waals surface area contributed by atoms with Gasteiger partial charge in [0.2, 0.25) is 11.1 Å². The fourth-order valence-corrected chi connectivity index (χ4v) is 8.74. The number of carbonyl (C=O) groups excluding carboxylic acids is 2. The maximum Gasteiger partial charge on any atom is 0.336 e. The number of carbonyl (C=O) groups is 2. The molecule has 0 amide bonds. The van der Waals surface area contributed by atoms with E-state index in [2.05, 4.69) is 42.6 Å². The molecule has 0 aromatic carbocycles. The third-order valence-electron chi connectivity index (χ3n) is 11.1. The number of esters is 1. The molecule has 2 saturated carbocycles. The molecule has 1 aliphatic heterocycles. The minimum Gasteiger partial charge on any atom is -0.448 e. The average molecular weight is 598 g/mol. The fourth-order valence-electron chi connectivity index (χ4n) is 8.32. The van der Waals surface area contributed by atoms with Crippen LogP contribution in [-0.2, 0) is 25.5 Å². The van der Waals surface area contributed by atoms with Crippen LogP contribution in [0.15, 0.2) is 30.1 Å². The molecule has 2 unspecified atom stereocenters. The van der Waals surface area contributed by atoms with Crippen LogP contribution in [0.5, 0.6) is 0 Å². The van der Waals surface area contributed by atoms with Gasteiger partial charge >= 0.3 is 5.97 Å². The topological polar surface area (TPSA) is 104 Å². The highest BCUT2D eigenvalue weighted by Crippen LogP contribution is 2.59. The molecule has 7 atom stereocenters. The van der Waals surface area contributed by atoms with Crippen molar-refractivity contribution in [2.75, 3.05) is 6.61 Å². The van der Waals surface area contributed by atoms with Crippen molar-refractivity contribution < 1.29 is 28.6 Å². The Kier molecular flexibility index (Phi) is 7.63. The van der Waals surface area contributed by atoms with E-state index in [1.54, 1.807) is 10.7 Å². The average Bonchev–Trinajstić information content (AvgIpc) is 3.68. The molecule has 42 heavy (non-hydrogen) atoms. The summed E-state index contributed by atoms with van der Waals surface area (Å²) in [6.07, 6.45) is 10.3. The van der Waals surface area contributed by atoms with Crippen LogP contribution in [0.2, 0.25) is 0 Å². The van der Waals surface area contributed by atoms with Crippen molar-refractivity contribution in [1.29, 1.82) is 0 Å². The molecule has 6 rings (SSSR count). The Balaban J connectivity index is 1.28. The van der Waals surface area contributed by atoms with Crippen LogP contribution < -0.4 is 0 Å². The van der Waals surface area contributed by atoms with Crippen LogP contribution in [0.25, 0.3) is 11.8 Å². The van der Waals surface area contributed by atoms with E-state index in [-0.39, 0.29) is 17.3 Å². The highest BCUT2D eigenvalue weighted by Gasteiger charge is 2.63. The summed E-state index contributed by atoms with van der Waals surface area (Å²) in [5, 5.41) is 16.2. The lowest BCUT2D eigenvalue weighted by Crippen LogP contribution is -2.56. The lowest BCUT2D eigenvalue weighted by molar-refractivity contribution is -0.189. The molecule has 0 radical (unpaired) electrons. The number of pyridine rings is 1. The van der Waals surface area contributed by atoms with Crippen LogP contribution in [0.3, 0.4) is 0 Å². The molecule has 3 heterocycles. The number of hydrogen-bond acceptors (Lipinski definition) is 7. The van der Waals surface area contributed by atoms with Gasteiger partial charge in [0, 0.05) is 12.0 Å². The molecule has 2 aromatic rings. The maximum atomic E-state index is 13.5. The summed E-state index contributed by atoms with van der Waals surface area (Å²) in [5.41, 5.74) is 1.46. The Morgan fingerprint density at radius 2 is 2.05 bits per heavy atom. The van der Waals surface area contributed by atoms with Crippen LogP contribution >= 0.6 is 12.6 Å². The van der Waals surface area contributed by atoms with Crippen LogP contribution in [-0.4, -0.2) is 55.4 Å². The summed E-state index contributed by atoms with van der Waals surface area (Å²) in [7, 11) is 0. The molecular formula is C32H40FN3O5S. The molecule has 1 N–H and O–H groups in total. The summed E-state index contributed by atoms with van der Waals surface area (Å²) in [5.74, 6) is -1.07. The molecule has 8 nitrogen and oxygen atoms in total. The number of fused-ring (bicyclic) bond motifs is 2. The highest BCUT2D eigenvalue weighted by molar-refractivity contribution is 7.96. The summed E-state index contributed by atoms with van der Waals surface area (Å²) >= 11 is 4.28. The third-order valence-corrected chi connectivity index (χ3v) is 11.4. The number of allylic oxidation sites excluding steroid dienone is 1. The highest BCUT2D eigenvalue weighted by atomic mass is 32.1. The first kappa shape index (κ1) is 29.5. The van der Waals surface area contributed by atoms with E-state index >= 15 is 0 Å². The number of aliphatic hydroxyl groups is 1. The second-order valence-corrected chi connectivity index (χ2v) is 13.7. The lowest BCUT2D eigenvalue weighted by Gasteiger charge is -2.50. The van der Waals surface area contributed by atoms with Crippen LogP contribution in [0.1, 0.15) is 83.4 Å². The van der Waals surface area contributed by atoms with Gasteiger partial charge in [-0.25, -0.2) is 14.5 Å². The van der Waals surface area contributed by atoms with Gasteiger partial charge in [-0.3, -0.25) is 4.79 Å². The first-order valence-electron chi connectivity index (χ1n) is 15.1. The van der Waals surface area contributed by atoms with Gasteiger partial charge in [-0.05, 0) is 98.8 Å². The third kappa shape index (κ3) is 4.65. The molecular weight excluding hydrogens is 557 g/mol. The fraction of sp³-hybridized carbons (Fsp3) is 0.625. The Labute approximate surface area is 251 Å². The Hall–Kier alpha value is -2.56. The number of nitrogens with zero attached hydrogens (tertiary/aromatic N) is 3. The van der Waals surface area contributed by atoms with E-state index < -0.39 is 40.3 Å². The summed E-state index contributed by atoms with van der Waals surface area (Å²) in [6.45, 7) is 6.78. The minimum absolute atomic E-state index is 0.0347. The largest absolute Gasteiger partial charge is 0.448 e. The molecule has 0 bridgehead atoms. The Morgan fingerprint density at radius 3 is 2.74 bits per heavy atom. The number of rotatable bonds is 7. The van der Waals surface area contributed by atoms with Gasteiger partial charge in [-0.2, -0.15) is 9.49 Å². The molecule has 1 saturated heterocycles. The van der Waals surface area contributed by atoms with E-state index in [0.717, 1.165) is 36.9 Å². The number of hydrogen-bond donors (Lipinski definition) is 2. The van der Waals surface area contributed by atoms with Crippen molar-refractivity contribution in [1.82, 2.24) is 14.8 Å². The number of aromatic nitrogens is 3. The Morgan fingerprint density at radius 1 is 1.24 bits per heavy atom. The van der Waals surface area contributed by atoms with E-state index in [1.807, 2.05) is 13.1 Å². The van der Waals surface area contributed by atoms with Gasteiger partial charge < -0.3 is 14.6 Å². The molecule has 0 spiro atoms. The molecule has 10 heteroatoms. The van der Waals surface area contributed by atoms with Crippen molar-refractivity contribution >= 4 is 29.8 Å². The van der Waals surface area contributed by atoms with E-state index in [1.165, 1.54) is 17.8 Å². The van der Waals surface area contributed by atoms with Crippen LogP contribution in [0, 0.1) is 28.6 Å². The monoisotopic (exact) mass is 597 g/mol. The second kappa shape index (κ2) is 10.9. The van der Waals surface area contributed by atoms with Crippen molar-refractivity contribution in [2.24, 2.45) is 22.7 Å². The summed E-state index contributed by atoms with van der Waals surface area (Å²) < 4.78 is 26.9. The SMILES string of the molecule is CC1CC[C@](OC(=O)[C@@H]2CCCO2)(C(=O)S)[C@@]1(C)C[C@H](O)C1CCCC2=Cc3c(cnn3-c3ccc(F)nc3)C[C@@]21C. The normalized spacial score (nSPS) is 34.8. The second-order valence-electron chi connectivity index (χ2n) is 13.3. The van der Waals surface area contributed by atoms with Gasteiger partial charge in [0.1, 0.15) is 0 Å². The van der Waals surface area contributed by atoms with Gasteiger partial charge in [0.05, 0.1) is 29.9 Å².